The molecule has 0 aliphatic carbocycles. The molecule has 0 unspecified atom stereocenters. The average molecular weight is 293 g/mol. The van der Waals surface area contributed by atoms with E-state index < -0.39 is 11.6 Å². The van der Waals surface area contributed by atoms with Crippen LogP contribution in [-0.2, 0) is 11.3 Å². The van der Waals surface area contributed by atoms with E-state index in [2.05, 4.69) is 4.90 Å². The fourth-order valence-corrected chi connectivity index (χ4v) is 2.72. The summed E-state index contributed by atoms with van der Waals surface area (Å²) in [6, 6.07) is 7.45. The van der Waals surface area contributed by atoms with Gasteiger partial charge in [0.25, 0.3) is 0 Å². The Balaban J connectivity index is 1.89. The largest absolute Gasteiger partial charge is 0.482 e. The number of aliphatic carboxylic acids is 1. The highest BCUT2D eigenvalue weighted by atomic mass is 16.5. The minimum atomic E-state index is -0.980. The summed E-state index contributed by atoms with van der Waals surface area (Å²) in [6.07, 6.45) is 2.68. The van der Waals surface area contributed by atoms with Crippen molar-refractivity contribution < 1.29 is 19.7 Å². The number of β-amino-alcohol motifs (C(OH)–C–C–N with tert-alkyl or cyclic N) is 1. The number of nitrogens with zero attached hydrogens (tertiary/aromatic N) is 1. The van der Waals surface area contributed by atoms with E-state index >= 15 is 0 Å². The normalized spacial score (nSPS) is 23.0. The highest BCUT2D eigenvalue weighted by Crippen LogP contribution is 2.25. The van der Waals surface area contributed by atoms with E-state index in [0.717, 1.165) is 37.9 Å². The lowest BCUT2D eigenvalue weighted by Crippen LogP contribution is -2.47. The fraction of sp³-hybridized carbons (Fsp3) is 0.562. The van der Waals surface area contributed by atoms with Gasteiger partial charge in [-0.15, -0.1) is 0 Å². The number of piperidine rings is 1. The number of rotatable bonds is 6. The van der Waals surface area contributed by atoms with E-state index in [0.29, 0.717) is 12.3 Å². The molecule has 2 rings (SSSR count). The highest BCUT2D eigenvalue weighted by Gasteiger charge is 2.31. The van der Waals surface area contributed by atoms with Crippen LogP contribution in [0.4, 0.5) is 0 Å². The van der Waals surface area contributed by atoms with Gasteiger partial charge in [-0.3, -0.25) is 4.90 Å². The maximum atomic E-state index is 10.4. The molecule has 5 heteroatoms. The minimum Gasteiger partial charge on any atom is -0.482 e. The molecule has 2 N–H and O–H groups in total. The lowest BCUT2D eigenvalue weighted by molar-refractivity contribution is -0.139. The molecule has 1 heterocycles. The monoisotopic (exact) mass is 293 g/mol. The van der Waals surface area contributed by atoms with Crippen LogP contribution >= 0.6 is 0 Å². The van der Waals surface area contributed by atoms with Crippen LogP contribution in [0, 0.1) is 0 Å². The van der Waals surface area contributed by atoms with E-state index in [1.165, 1.54) is 0 Å². The van der Waals surface area contributed by atoms with Gasteiger partial charge >= 0.3 is 5.97 Å². The summed E-state index contributed by atoms with van der Waals surface area (Å²) in [7, 11) is 0. The van der Waals surface area contributed by atoms with Crippen LogP contribution in [-0.4, -0.2) is 46.4 Å². The average Bonchev–Trinajstić information content (AvgIpc) is 2.47. The Morgan fingerprint density at radius 3 is 2.71 bits per heavy atom. The second kappa shape index (κ2) is 6.91. The van der Waals surface area contributed by atoms with Crippen molar-refractivity contribution in [1.29, 1.82) is 0 Å². The first-order chi connectivity index (χ1) is 10.0. The molecule has 1 atom stereocenters. The zero-order valence-electron chi connectivity index (χ0n) is 12.4. The fourth-order valence-electron chi connectivity index (χ4n) is 2.72. The van der Waals surface area contributed by atoms with Crippen LogP contribution in [0.3, 0.4) is 0 Å². The molecule has 0 radical (unpaired) electrons. The Morgan fingerprint density at radius 1 is 1.38 bits per heavy atom. The molecule has 1 aromatic carbocycles. The number of ether oxygens (including phenoxy) is 1. The zero-order chi connectivity index (χ0) is 15.3. The summed E-state index contributed by atoms with van der Waals surface area (Å²) in [5.74, 6) is -0.420. The highest BCUT2D eigenvalue weighted by molar-refractivity contribution is 5.68. The Kier molecular flexibility index (Phi) is 5.20. The second-order valence-corrected chi connectivity index (χ2v) is 5.72. The molecule has 0 amide bonds. The third-order valence-electron chi connectivity index (χ3n) is 3.98. The predicted molar refractivity (Wildman–Crippen MR) is 79.3 cm³/mol. The number of benzene rings is 1. The van der Waals surface area contributed by atoms with E-state index in [-0.39, 0.29) is 6.61 Å². The van der Waals surface area contributed by atoms with Crippen LogP contribution in [0.1, 0.15) is 31.7 Å². The number of hydrogen-bond donors (Lipinski definition) is 2. The molecule has 5 nitrogen and oxygen atoms in total. The standard InChI is InChI=1S/C16H23NO4/c1-2-16(20)8-3-9-17(12-16)10-13-4-6-14(7-5-13)21-11-15(18)19/h4-7,20H,2-3,8-12H2,1H3,(H,18,19)/t16-/m0/s1. The van der Waals surface area contributed by atoms with Crippen LogP contribution in [0.25, 0.3) is 0 Å². The molecular formula is C16H23NO4. The van der Waals surface area contributed by atoms with Crippen molar-refractivity contribution in [2.24, 2.45) is 0 Å². The van der Waals surface area contributed by atoms with Crippen molar-refractivity contribution in [1.82, 2.24) is 4.90 Å². The molecule has 0 saturated carbocycles. The van der Waals surface area contributed by atoms with Crippen LogP contribution < -0.4 is 4.74 Å². The lowest BCUT2D eigenvalue weighted by Gasteiger charge is -2.38. The zero-order valence-corrected chi connectivity index (χ0v) is 12.4. The molecule has 1 saturated heterocycles. The van der Waals surface area contributed by atoms with Gasteiger partial charge in [-0.1, -0.05) is 19.1 Å². The molecule has 1 aromatic rings. The van der Waals surface area contributed by atoms with Crippen LogP contribution in [0.5, 0.6) is 5.75 Å². The first-order valence-corrected chi connectivity index (χ1v) is 7.39. The van der Waals surface area contributed by atoms with E-state index in [4.69, 9.17) is 9.84 Å². The van der Waals surface area contributed by atoms with Crippen molar-refractivity contribution in [2.45, 2.75) is 38.3 Å². The number of likely N-dealkylation sites (tertiary alicyclic amines) is 1. The van der Waals surface area contributed by atoms with E-state index in [1.54, 1.807) is 12.1 Å². The third-order valence-corrected chi connectivity index (χ3v) is 3.98. The van der Waals surface area contributed by atoms with Gasteiger partial charge in [-0.05, 0) is 43.5 Å². The Bertz CT molecular complexity index is 474. The molecule has 0 aromatic heterocycles. The third kappa shape index (κ3) is 4.72. The van der Waals surface area contributed by atoms with Crippen molar-refractivity contribution in [2.75, 3.05) is 19.7 Å². The minimum absolute atomic E-state index is 0.324. The number of carboxylic acids is 1. The number of carbonyl (C=O) groups is 1. The van der Waals surface area contributed by atoms with Gasteiger partial charge in [0.05, 0.1) is 5.60 Å². The van der Waals surface area contributed by atoms with Crippen LogP contribution in [0.2, 0.25) is 0 Å². The first kappa shape index (κ1) is 15.8. The summed E-state index contributed by atoms with van der Waals surface area (Å²) in [6.45, 7) is 4.20. The van der Waals surface area contributed by atoms with E-state index in [9.17, 15) is 9.90 Å². The Labute approximate surface area is 125 Å². The van der Waals surface area contributed by atoms with Gasteiger partial charge in [0.1, 0.15) is 5.75 Å². The summed E-state index contributed by atoms with van der Waals surface area (Å²) >= 11 is 0. The van der Waals surface area contributed by atoms with E-state index in [1.807, 2.05) is 19.1 Å². The summed E-state index contributed by atoms with van der Waals surface area (Å²) in [4.78, 5) is 12.7. The smallest absolute Gasteiger partial charge is 0.341 e. The number of aliphatic hydroxyl groups is 1. The molecule has 1 aliphatic rings. The van der Waals surface area contributed by atoms with Crippen molar-refractivity contribution >= 4 is 5.97 Å². The summed E-state index contributed by atoms with van der Waals surface area (Å²) in [5, 5.41) is 18.9. The van der Waals surface area contributed by atoms with Gasteiger partial charge < -0.3 is 14.9 Å². The molecule has 1 aliphatic heterocycles. The number of carboxylic acid groups (broad SMARTS) is 1. The Hall–Kier alpha value is -1.59. The molecule has 1 fully saturated rings. The summed E-state index contributed by atoms with van der Waals surface area (Å²) < 4.78 is 5.11. The number of hydrogen-bond acceptors (Lipinski definition) is 4. The lowest BCUT2D eigenvalue weighted by atomic mass is 9.90. The van der Waals surface area contributed by atoms with Crippen molar-refractivity contribution in [3.63, 3.8) is 0 Å². The van der Waals surface area contributed by atoms with Gasteiger partial charge in [0.2, 0.25) is 0 Å². The SMILES string of the molecule is CC[C@]1(O)CCCN(Cc2ccc(OCC(=O)O)cc2)C1. The Morgan fingerprint density at radius 2 is 2.10 bits per heavy atom. The maximum absolute atomic E-state index is 10.4. The predicted octanol–water partition coefficient (Wildman–Crippen LogP) is 1.89. The second-order valence-electron chi connectivity index (χ2n) is 5.72. The van der Waals surface area contributed by atoms with Gasteiger partial charge in [0.15, 0.2) is 6.61 Å². The van der Waals surface area contributed by atoms with Gasteiger partial charge in [0, 0.05) is 13.1 Å². The molecular weight excluding hydrogens is 270 g/mol. The molecule has 21 heavy (non-hydrogen) atoms. The van der Waals surface area contributed by atoms with Crippen molar-refractivity contribution in [3.05, 3.63) is 29.8 Å². The molecule has 0 bridgehead atoms. The molecule has 0 spiro atoms. The quantitative estimate of drug-likeness (QED) is 0.838. The van der Waals surface area contributed by atoms with Crippen molar-refractivity contribution in [3.8, 4) is 5.75 Å². The summed E-state index contributed by atoms with van der Waals surface area (Å²) in [5.41, 5.74) is 0.584. The molecule has 116 valence electrons. The maximum Gasteiger partial charge on any atom is 0.341 e. The van der Waals surface area contributed by atoms with Crippen LogP contribution in [0.15, 0.2) is 24.3 Å². The van der Waals surface area contributed by atoms with Gasteiger partial charge in [-0.25, -0.2) is 4.79 Å². The van der Waals surface area contributed by atoms with Gasteiger partial charge in [-0.2, -0.15) is 0 Å². The topological polar surface area (TPSA) is 70.0 Å². The first-order valence-electron chi connectivity index (χ1n) is 7.39.